The monoisotopic (exact) mass is 329 g/mol. The van der Waals surface area contributed by atoms with Crippen LogP contribution in [0.5, 0.6) is 0 Å². The Hall–Kier alpha value is -2.25. The summed E-state index contributed by atoms with van der Waals surface area (Å²) in [6.07, 6.45) is 4.84. The molecule has 1 amide bonds. The molecular weight excluding hydrogens is 306 g/mol. The molecule has 128 valence electrons. The molecule has 0 radical (unpaired) electrons. The van der Waals surface area contributed by atoms with Crippen molar-refractivity contribution in [1.29, 1.82) is 0 Å². The molecule has 2 aromatic heterocycles. The van der Waals surface area contributed by atoms with Crippen LogP contribution in [0, 0.1) is 0 Å². The van der Waals surface area contributed by atoms with Gasteiger partial charge in [-0.25, -0.2) is 0 Å². The largest absolute Gasteiger partial charge is 0.392 e. The maximum absolute atomic E-state index is 12.9. The van der Waals surface area contributed by atoms with Crippen LogP contribution in [0.4, 0.5) is 0 Å². The van der Waals surface area contributed by atoms with Crippen molar-refractivity contribution in [2.45, 2.75) is 13.0 Å². The summed E-state index contributed by atoms with van der Waals surface area (Å²) in [6.45, 7) is 5.32. The van der Waals surface area contributed by atoms with Crippen molar-refractivity contribution in [3.05, 3.63) is 36.3 Å². The Morgan fingerprint density at radius 1 is 1.25 bits per heavy atom. The zero-order valence-corrected chi connectivity index (χ0v) is 14.1. The van der Waals surface area contributed by atoms with E-state index in [1.165, 1.54) is 0 Å². The second-order valence-electron chi connectivity index (χ2n) is 6.24. The summed E-state index contributed by atoms with van der Waals surface area (Å²) in [5.41, 5.74) is 2.20. The minimum atomic E-state index is -0.344. The maximum atomic E-state index is 12.9. The average Bonchev–Trinajstić information content (AvgIpc) is 2.97. The number of aryl methyl sites for hydroxylation is 1. The summed E-state index contributed by atoms with van der Waals surface area (Å²) in [6, 6.07) is 3.72. The number of pyridine rings is 1. The van der Waals surface area contributed by atoms with Crippen LogP contribution < -0.4 is 0 Å². The molecule has 1 atom stereocenters. The molecule has 1 unspecified atom stereocenters. The van der Waals surface area contributed by atoms with Crippen molar-refractivity contribution in [1.82, 2.24) is 24.6 Å². The number of carbonyl (C=O) groups is 1. The number of aromatic nitrogens is 3. The van der Waals surface area contributed by atoms with Crippen LogP contribution in [-0.4, -0.2) is 74.4 Å². The highest BCUT2D eigenvalue weighted by Gasteiger charge is 2.26. The number of aliphatic hydroxyl groups excluding tert-OH is 1. The number of amides is 1. The molecule has 0 bridgehead atoms. The second kappa shape index (κ2) is 7.11. The van der Waals surface area contributed by atoms with Gasteiger partial charge in [0.1, 0.15) is 5.69 Å². The Bertz CT molecular complexity index is 690. The van der Waals surface area contributed by atoms with Gasteiger partial charge in [-0.15, -0.1) is 0 Å². The van der Waals surface area contributed by atoms with Gasteiger partial charge in [-0.2, -0.15) is 5.10 Å². The van der Waals surface area contributed by atoms with E-state index in [4.69, 9.17) is 0 Å². The van der Waals surface area contributed by atoms with Crippen molar-refractivity contribution in [3.63, 3.8) is 0 Å². The number of nitrogens with zero attached hydrogens (tertiary/aromatic N) is 5. The number of β-amino-alcohol motifs (C(OH)–C–C–N with tert-alkyl or cyclic N) is 1. The molecule has 1 aliphatic heterocycles. The van der Waals surface area contributed by atoms with E-state index in [1.54, 1.807) is 30.2 Å². The van der Waals surface area contributed by atoms with Gasteiger partial charge in [0.25, 0.3) is 5.91 Å². The van der Waals surface area contributed by atoms with Crippen molar-refractivity contribution in [2.24, 2.45) is 7.05 Å². The van der Waals surface area contributed by atoms with Gasteiger partial charge in [0.2, 0.25) is 0 Å². The number of piperazine rings is 1. The number of hydrogen-bond acceptors (Lipinski definition) is 5. The normalized spacial score (nSPS) is 17.0. The first-order chi connectivity index (χ1) is 11.5. The highest BCUT2D eigenvalue weighted by atomic mass is 16.3. The lowest BCUT2D eigenvalue weighted by Gasteiger charge is -2.35. The molecule has 1 fully saturated rings. The van der Waals surface area contributed by atoms with Gasteiger partial charge in [0.05, 0.1) is 11.7 Å². The highest BCUT2D eigenvalue weighted by Crippen LogP contribution is 2.23. The molecule has 1 aliphatic rings. The van der Waals surface area contributed by atoms with Gasteiger partial charge in [0, 0.05) is 63.9 Å². The van der Waals surface area contributed by atoms with Crippen molar-refractivity contribution in [3.8, 4) is 11.3 Å². The fourth-order valence-electron chi connectivity index (χ4n) is 3.05. The Labute approximate surface area is 141 Å². The summed E-state index contributed by atoms with van der Waals surface area (Å²) in [5.74, 6) is 0.00612. The Balaban J connectivity index is 1.75. The molecule has 2 aromatic rings. The highest BCUT2D eigenvalue weighted by molar-refractivity contribution is 5.99. The molecule has 0 spiro atoms. The zero-order chi connectivity index (χ0) is 17.1. The Morgan fingerprint density at radius 2 is 1.92 bits per heavy atom. The van der Waals surface area contributed by atoms with Crippen LogP contribution >= 0.6 is 0 Å². The quantitative estimate of drug-likeness (QED) is 0.890. The summed E-state index contributed by atoms with van der Waals surface area (Å²) in [4.78, 5) is 21.0. The second-order valence-corrected chi connectivity index (χ2v) is 6.24. The summed E-state index contributed by atoms with van der Waals surface area (Å²) in [5, 5.41) is 13.9. The molecule has 7 nitrogen and oxygen atoms in total. The maximum Gasteiger partial charge on any atom is 0.257 e. The van der Waals surface area contributed by atoms with Crippen LogP contribution in [0.2, 0.25) is 0 Å². The number of carbonyl (C=O) groups excluding carboxylic acids is 1. The molecule has 0 saturated carbocycles. The fourth-order valence-corrected chi connectivity index (χ4v) is 3.05. The lowest BCUT2D eigenvalue weighted by atomic mass is 10.1. The number of rotatable bonds is 4. The van der Waals surface area contributed by atoms with E-state index in [-0.39, 0.29) is 12.0 Å². The minimum Gasteiger partial charge on any atom is -0.392 e. The van der Waals surface area contributed by atoms with E-state index in [0.717, 1.165) is 18.7 Å². The summed E-state index contributed by atoms with van der Waals surface area (Å²) in [7, 11) is 1.82. The molecule has 24 heavy (non-hydrogen) atoms. The molecule has 7 heteroatoms. The predicted octanol–water partition coefficient (Wildman–Crippen LogP) is 0.621. The smallest absolute Gasteiger partial charge is 0.257 e. The van der Waals surface area contributed by atoms with E-state index in [1.807, 2.05) is 24.1 Å². The molecule has 0 aromatic carbocycles. The van der Waals surface area contributed by atoms with Crippen LogP contribution in [0.3, 0.4) is 0 Å². The van der Waals surface area contributed by atoms with Gasteiger partial charge in [-0.05, 0) is 19.1 Å². The van der Waals surface area contributed by atoms with Gasteiger partial charge < -0.3 is 10.0 Å². The average molecular weight is 329 g/mol. The van der Waals surface area contributed by atoms with Crippen molar-refractivity contribution >= 4 is 5.91 Å². The van der Waals surface area contributed by atoms with Crippen molar-refractivity contribution in [2.75, 3.05) is 32.7 Å². The van der Waals surface area contributed by atoms with Gasteiger partial charge >= 0.3 is 0 Å². The van der Waals surface area contributed by atoms with Gasteiger partial charge in [-0.3, -0.25) is 19.4 Å². The molecule has 0 aliphatic carbocycles. The first kappa shape index (κ1) is 16.6. The van der Waals surface area contributed by atoms with Gasteiger partial charge in [-0.1, -0.05) is 0 Å². The van der Waals surface area contributed by atoms with Crippen LogP contribution in [0.25, 0.3) is 11.3 Å². The Morgan fingerprint density at radius 3 is 2.54 bits per heavy atom. The minimum absolute atomic E-state index is 0.00612. The lowest BCUT2D eigenvalue weighted by Crippen LogP contribution is -2.50. The first-order valence-corrected chi connectivity index (χ1v) is 8.18. The Kier molecular flexibility index (Phi) is 4.92. The number of hydrogen-bond donors (Lipinski definition) is 1. The molecule has 3 rings (SSSR count). The summed E-state index contributed by atoms with van der Waals surface area (Å²) >= 11 is 0. The fraction of sp³-hybridized carbons (Fsp3) is 0.471. The van der Waals surface area contributed by atoms with Crippen molar-refractivity contribution < 1.29 is 9.90 Å². The van der Waals surface area contributed by atoms with Crippen LogP contribution in [-0.2, 0) is 7.05 Å². The van der Waals surface area contributed by atoms with E-state index in [9.17, 15) is 9.90 Å². The third-order valence-electron chi connectivity index (χ3n) is 4.19. The van der Waals surface area contributed by atoms with E-state index in [2.05, 4.69) is 15.0 Å². The van der Waals surface area contributed by atoms with E-state index >= 15 is 0 Å². The standard InChI is InChI=1S/C17H23N5O2/c1-13(23)11-21-7-9-22(10-8-21)17(24)15-12-20(2)19-16(15)14-3-5-18-6-4-14/h3-6,12-13,23H,7-11H2,1-2H3. The molecule has 1 saturated heterocycles. The molecule has 1 N–H and O–H groups in total. The predicted molar refractivity (Wildman–Crippen MR) is 90.5 cm³/mol. The van der Waals surface area contributed by atoms with Gasteiger partial charge in [0.15, 0.2) is 0 Å². The van der Waals surface area contributed by atoms with E-state index < -0.39 is 0 Å². The van der Waals surface area contributed by atoms with E-state index in [0.29, 0.717) is 30.9 Å². The topological polar surface area (TPSA) is 74.5 Å². The van der Waals surface area contributed by atoms with Crippen LogP contribution in [0.15, 0.2) is 30.7 Å². The zero-order valence-electron chi connectivity index (χ0n) is 14.1. The summed E-state index contributed by atoms with van der Waals surface area (Å²) < 4.78 is 1.67. The lowest BCUT2D eigenvalue weighted by molar-refractivity contribution is 0.0554. The van der Waals surface area contributed by atoms with Crippen LogP contribution in [0.1, 0.15) is 17.3 Å². The third kappa shape index (κ3) is 3.63. The third-order valence-corrected chi connectivity index (χ3v) is 4.19. The number of aliphatic hydroxyl groups is 1. The molecule has 3 heterocycles. The SMILES string of the molecule is CC(O)CN1CCN(C(=O)c2cn(C)nc2-c2ccncc2)CC1. The first-order valence-electron chi connectivity index (χ1n) is 8.18. The molecular formula is C17H23N5O2.